The molecule has 0 bridgehead atoms. The molecule has 1 heterocycles. The third-order valence-corrected chi connectivity index (χ3v) is 7.18. The summed E-state index contributed by atoms with van der Waals surface area (Å²) in [6.45, 7) is 4.09. The van der Waals surface area contributed by atoms with Crippen LogP contribution in [0.4, 0.5) is 5.69 Å². The van der Waals surface area contributed by atoms with Crippen molar-refractivity contribution in [1.82, 2.24) is 5.32 Å². The molecular formula is C29H24N2O4. The van der Waals surface area contributed by atoms with E-state index in [1.165, 1.54) is 0 Å². The summed E-state index contributed by atoms with van der Waals surface area (Å²) >= 11 is 0. The van der Waals surface area contributed by atoms with E-state index in [0.29, 0.717) is 16.9 Å². The zero-order chi connectivity index (χ0) is 24.5. The first kappa shape index (κ1) is 21.4. The molecule has 0 saturated heterocycles. The molecule has 174 valence electrons. The highest BCUT2D eigenvalue weighted by Crippen LogP contribution is 2.59. The molecule has 0 aromatic heterocycles. The molecule has 0 spiro atoms. The zero-order valence-corrected chi connectivity index (χ0v) is 19.3. The van der Waals surface area contributed by atoms with E-state index >= 15 is 0 Å². The molecule has 4 N–H and O–H groups in total. The Balaban J connectivity index is 1.54. The Morgan fingerprint density at radius 3 is 2.49 bits per heavy atom. The van der Waals surface area contributed by atoms with Gasteiger partial charge in [-0.05, 0) is 46.5 Å². The van der Waals surface area contributed by atoms with Gasteiger partial charge in [-0.1, -0.05) is 68.4 Å². The Morgan fingerprint density at radius 1 is 0.943 bits per heavy atom. The quantitative estimate of drug-likeness (QED) is 0.385. The van der Waals surface area contributed by atoms with Crippen molar-refractivity contribution in [2.75, 3.05) is 5.73 Å². The molecule has 2 unspecified atom stereocenters. The number of amides is 1. The Morgan fingerprint density at radius 2 is 1.71 bits per heavy atom. The van der Waals surface area contributed by atoms with E-state index in [9.17, 15) is 14.7 Å². The summed E-state index contributed by atoms with van der Waals surface area (Å²) in [7, 11) is 0. The number of fused-ring (bicyclic) bond motifs is 6. The number of nitrogens with two attached hydrogens (primary N) is 1. The largest absolute Gasteiger partial charge is 0.454 e. The van der Waals surface area contributed by atoms with Crippen molar-refractivity contribution < 1.29 is 19.4 Å². The van der Waals surface area contributed by atoms with E-state index in [2.05, 4.69) is 5.32 Å². The van der Waals surface area contributed by atoms with Gasteiger partial charge in [-0.25, -0.2) is 0 Å². The third-order valence-electron chi connectivity index (χ3n) is 7.18. The molecule has 4 aromatic rings. The molecular weight excluding hydrogens is 440 g/mol. The lowest BCUT2D eigenvalue weighted by Gasteiger charge is -2.34. The molecule has 6 heteroatoms. The van der Waals surface area contributed by atoms with Gasteiger partial charge in [0.25, 0.3) is 11.7 Å². The molecule has 35 heavy (non-hydrogen) atoms. The van der Waals surface area contributed by atoms with Gasteiger partial charge >= 0.3 is 0 Å². The van der Waals surface area contributed by atoms with Gasteiger partial charge in [0.05, 0.1) is 5.56 Å². The maximum absolute atomic E-state index is 14.1. The number of Topliss-reactive ketones (excluding diaryl/α,β-unsaturated/α-hetero) is 1. The number of ketones is 1. The first-order valence-electron chi connectivity index (χ1n) is 11.6. The van der Waals surface area contributed by atoms with Gasteiger partial charge in [-0.3, -0.25) is 9.59 Å². The number of carbonyl (C=O) groups is 2. The van der Waals surface area contributed by atoms with Crippen molar-refractivity contribution in [3.8, 4) is 5.75 Å². The molecule has 6 nitrogen and oxygen atoms in total. The number of nitrogen functional groups attached to an aromatic ring is 1. The summed E-state index contributed by atoms with van der Waals surface area (Å²) < 4.78 is 6.14. The molecule has 0 fully saturated rings. The molecule has 1 aliphatic heterocycles. The SMILES string of the molecule is CC(C)c1ccc2c(c1)OC1(O)c3cccc(N)c3C(=O)C21NC(=O)c1ccc2ccccc2c1. The van der Waals surface area contributed by atoms with Crippen molar-refractivity contribution in [1.29, 1.82) is 0 Å². The summed E-state index contributed by atoms with van der Waals surface area (Å²) in [5.41, 5.74) is 6.67. The van der Waals surface area contributed by atoms with E-state index in [1.54, 1.807) is 36.4 Å². The maximum Gasteiger partial charge on any atom is 0.271 e. The van der Waals surface area contributed by atoms with Crippen LogP contribution in [0.2, 0.25) is 0 Å². The smallest absolute Gasteiger partial charge is 0.271 e. The van der Waals surface area contributed by atoms with Gasteiger partial charge in [0.2, 0.25) is 11.3 Å². The number of hydrogen-bond donors (Lipinski definition) is 3. The average molecular weight is 465 g/mol. The molecule has 0 saturated carbocycles. The number of carbonyl (C=O) groups excluding carboxylic acids is 2. The Labute approximate surface area is 202 Å². The van der Waals surface area contributed by atoms with Gasteiger partial charge in [-0.2, -0.15) is 0 Å². The second kappa shape index (κ2) is 7.17. The summed E-state index contributed by atoms with van der Waals surface area (Å²) in [4.78, 5) is 27.7. The van der Waals surface area contributed by atoms with E-state index in [1.807, 2.05) is 56.3 Å². The molecule has 0 radical (unpaired) electrons. The minimum atomic E-state index is -2.14. The standard InChI is InChI=1S/C29H24N2O4/c1-16(2)18-12-13-21-24(15-18)35-29(34)22-8-5-9-23(30)25(22)26(32)28(21,29)31-27(33)20-11-10-17-6-3-4-7-19(17)14-20/h3-16,34H,30H2,1-2H3,(H,31,33). The molecule has 1 amide bonds. The van der Waals surface area contributed by atoms with E-state index < -0.39 is 23.0 Å². The highest BCUT2D eigenvalue weighted by atomic mass is 16.6. The van der Waals surface area contributed by atoms with Gasteiger partial charge in [-0.15, -0.1) is 0 Å². The Kier molecular flexibility index (Phi) is 4.38. The highest BCUT2D eigenvalue weighted by molar-refractivity contribution is 6.16. The number of anilines is 1. The van der Waals surface area contributed by atoms with Crippen LogP contribution in [0, 0.1) is 0 Å². The summed E-state index contributed by atoms with van der Waals surface area (Å²) in [6.07, 6.45) is 0. The number of aliphatic hydroxyl groups is 1. The van der Waals surface area contributed by atoms with Gasteiger partial charge < -0.3 is 20.9 Å². The number of benzene rings is 4. The highest BCUT2D eigenvalue weighted by Gasteiger charge is 2.72. The predicted molar refractivity (Wildman–Crippen MR) is 133 cm³/mol. The molecule has 1 aliphatic carbocycles. The molecule has 4 aromatic carbocycles. The average Bonchev–Trinajstić information content (AvgIpc) is 3.21. The van der Waals surface area contributed by atoms with Gasteiger partial charge in [0.1, 0.15) is 5.75 Å². The van der Waals surface area contributed by atoms with Crippen LogP contribution in [0.25, 0.3) is 10.8 Å². The fraction of sp³-hybridized carbons (Fsp3) is 0.172. The van der Waals surface area contributed by atoms with Crippen LogP contribution >= 0.6 is 0 Å². The topological polar surface area (TPSA) is 102 Å². The van der Waals surface area contributed by atoms with Crippen molar-refractivity contribution in [2.24, 2.45) is 0 Å². The maximum atomic E-state index is 14.1. The van der Waals surface area contributed by atoms with E-state index in [-0.39, 0.29) is 22.7 Å². The van der Waals surface area contributed by atoms with Gasteiger partial charge in [0, 0.05) is 22.4 Å². The minimum Gasteiger partial charge on any atom is -0.454 e. The lowest BCUT2D eigenvalue weighted by atomic mass is 9.82. The number of hydrogen-bond acceptors (Lipinski definition) is 5. The first-order valence-corrected chi connectivity index (χ1v) is 11.6. The lowest BCUT2D eigenvalue weighted by molar-refractivity contribution is -0.169. The third kappa shape index (κ3) is 2.74. The van der Waals surface area contributed by atoms with Crippen LogP contribution in [-0.4, -0.2) is 16.8 Å². The molecule has 6 rings (SSSR count). The Bertz CT molecular complexity index is 1560. The van der Waals surface area contributed by atoms with Crippen molar-refractivity contribution in [3.63, 3.8) is 0 Å². The fourth-order valence-electron chi connectivity index (χ4n) is 5.32. The normalized spacial score (nSPS) is 22.0. The minimum absolute atomic E-state index is 0.160. The summed E-state index contributed by atoms with van der Waals surface area (Å²) in [5, 5.41) is 16.8. The monoisotopic (exact) mass is 464 g/mol. The van der Waals surface area contributed by atoms with Crippen molar-refractivity contribution >= 4 is 28.2 Å². The molecule has 2 atom stereocenters. The van der Waals surface area contributed by atoms with Crippen LogP contribution < -0.4 is 15.8 Å². The van der Waals surface area contributed by atoms with Crippen LogP contribution in [-0.2, 0) is 11.3 Å². The number of rotatable bonds is 3. The van der Waals surface area contributed by atoms with E-state index in [0.717, 1.165) is 16.3 Å². The van der Waals surface area contributed by atoms with Crippen LogP contribution in [0.1, 0.15) is 57.2 Å². The second-order valence-electron chi connectivity index (χ2n) is 9.52. The zero-order valence-electron chi connectivity index (χ0n) is 19.3. The Hall–Kier alpha value is -4.16. The van der Waals surface area contributed by atoms with E-state index in [4.69, 9.17) is 10.5 Å². The first-order chi connectivity index (χ1) is 16.8. The van der Waals surface area contributed by atoms with Crippen molar-refractivity contribution in [2.45, 2.75) is 31.1 Å². The van der Waals surface area contributed by atoms with Gasteiger partial charge in [0.15, 0.2) is 0 Å². The second-order valence-corrected chi connectivity index (χ2v) is 9.52. The number of ether oxygens (including phenoxy) is 1. The summed E-state index contributed by atoms with van der Waals surface area (Å²) in [5.74, 6) is -2.57. The van der Waals surface area contributed by atoms with Crippen LogP contribution in [0.15, 0.2) is 78.9 Å². The summed E-state index contributed by atoms with van der Waals surface area (Å²) in [6, 6.07) is 23.4. The van der Waals surface area contributed by atoms with Crippen molar-refractivity contribution in [3.05, 3.63) is 107 Å². The predicted octanol–water partition coefficient (Wildman–Crippen LogP) is 4.60. The fourth-order valence-corrected chi connectivity index (χ4v) is 5.32. The molecule has 2 aliphatic rings. The number of nitrogens with one attached hydrogen (secondary N) is 1. The van der Waals surface area contributed by atoms with Crippen LogP contribution in [0.5, 0.6) is 5.75 Å². The van der Waals surface area contributed by atoms with Crippen LogP contribution in [0.3, 0.4) is 0 Å². The lowest BCUT2D eigenvalue weighted by Crippen LogP contribution is -2.60.